The van der Waals surface area contributed by atoms with Gasteiger partial charge in [0.05, 0.1) is 14.2 Å². The minimum Gasteiger partial charge on any atom is -0.497 e. The molecule has 0 amide bonds. The molecule has 2 aromatic rings. The highest BCUT2D eigenvalue weighted by molar-refractivity contribution is 6.30. The number of carbonyl (C=O) groups is 1. The van der Waals surface area contributed by atoms with E-state index in [0.717, 1.165) is 0 Å². The van der Waals surface area contributed by atoms with Crippen LogP contribution in [0, 0.1) is 0 Å². The van der Waals surface area contributed by atoms with Crippen LogP contribution in [0.1, 0.15) is 11.1 Å². The number of ether oxygens (including phenoxy) is 3. The lowest BCUT2D eigenvalue weighted by Crippen LogP contribution is -2.05. The molecule has 1 heterocycles. The number of cyclic esters (lactones) is 1. The van der Waals surface area contributed by atoms with Gasteiger partial charge >= 0.3 is 5.97 Å². The fraction of sp³-hybridized carbons (Fsp3) is 0.111. The molecule has 0 aliphatic carbocycles. The van der Waals surface area contributed by atoms with E-state index >= 15 is 0 Å². The standard InChI is InChI=1S/C18H14ClNO4/c1-22-14-7-8-16(23-2)12(9-14)10-15-18(21)24-17(20-15)11-3-5-13(19)6-4-11/h3-10H,1-2H3/b15-10+. The highest BCUT2D eigenvalue weighted by Crippen LogP contribution is 2.28. The highest BCUT2D eigenvalue weighted by Gasteiger charge is 2.24. The SMILES string of the molecule is COc1ccc(OC)c(/C=C2/N=C(c3ccc(Cl)cc3)OC2=O)c1. The summed E-state index contributed by atoms with van der Waals surface area (Å²) in [5, 5.41) is 0.598. The quantitative estimate of drug-likeness (QED) is 0.627. The van der Waals surface area contributed by atoms with Crippen molar-refractivity contribution in [3.05, 3.63) is 64.3 Å². The molecule has 1 aliphatic rings. The van der Waals surface area contributed by atoms with Gasteiger partial charge in [0, 0.05) is 16.1 Å². The largest absolute Gasteiger partial charge is 0.497 e. The molecular weight excluding hydrogens is 330 g/mol. The number of hydrogen-bond donors (Lipinski definition) is 0. The number of rotatable bonds is 4. The summed E-state index contributed by atoms with van der Waals surface area (Å²) in [4.78, 5) is 16.3. The molecule has 0 aromatic heterocycles. The van der Waals surface area contributed by atoms with Crippen molar-refractivity contribution in [2.45, 2.75) is 0 Å². The predicted molar refractivity (Wildman–Crippen MR) is 91.6 cm³/mol. The Morgan fingerprint density at radius 3 is 2.50 bits per heavy atom. The third kappa shape index (κ3) is 3.26. The first-order chi connectivity index (χ1) is 11.6. The first kappa shape index (κ1) is 16.1. The highest BCUT2D eigenvalue weighted by atomic mass is 35.5. The number of hydrogen-bond acceptors (Lipinski definition) is 5. The van der Waals surface area contributed by atoms with Crippen LogP contribution in [0.25, 0.3) is 6.08 Å². The van der Waals surface area contributed by atoms with Gasteiger partial charge in [-0.3, -0.25) is 0 Å². The van der Waals surface area contributed by atoms with Gasteiger partial charge in [-0.15, -0.1) is 0 Å². The van der Waals surface area contributed by atoms with Crippen LogP contribution in [0.2, 0.25) is 5.02 Å². The lowest BCUT2D eigenvalue weighted by Gasteiger charge is -2.07. The molecule has 6 heteroatoms. The van der Waals surface area contributed by atoms with Gasteiger partial charge in [0.25, 0.3) is 0 Å². The van der Waals surface area contributed by atoms with E-state index < -0.39 is 5.97 Å². The summed E-state index contributed by atoms with van der Waals surface area (Å²) in [5.41, 5.74) is 1.53. The number of methoxy groups -OCH3 is 2. The Labute approximate surface area is 144 Å². The Morgan fingerprint density at radius 1 is 1.08 bits per heavy atom. The molecule has 1 aliphatic heterocycles. The number of carbonyl (C=O) groups excluding carboxylic acids is 1. The molecule has 5 nitrogen and oxygen atoms in total. The minimum absolute atomic E-state index is 0.187. The Balaban J connectivity index is 1.98. The second-order valence-corrected chi connectivity index (χ2v) is 5.39. The van der Waals surface area contributed by atoms with Gasteiger partial charge in [0.2, 0.25) is 5.90 Å². The van der Waals surface area contributed by atoms with E-state index in [9.17, 15) is 4.79 Å². The summed E-state index contributed by atoms with van der Waals surface area (Å²) in [7, 11) is 3.12. The average Bonchev–Trinajstić information content (AvgIpc) is 2.96. The summed E-state index contributed by atoms with van der Waals surface area (Å²) >= 11 is 5.86. The van der Waals surface area contributed by atoms with E-state index in [0.29, 0.717) is 27.6 Å². The number of nitrogens with zero attached hydrogens (tertiary/aromatic N) is 1. The van der Waals surface area contributed by atoms with E-state index in [-0.39, 0.29) is 11.6 Å². The smallest absolute Gasteiger partial charge is 0.363 e. The molecule has 0 spiro atoms. The molecule has 0 N–H and O–H groups in total. The Bertz CT molecular complexity index is 841. The molecule has 3 rings (SSSR count). The third-order valence-electron chi connectivity index (χ3n) is 3.44. The third-order valence-corrected chi connectivity index (χ3v) is 3.69. The lowest BCUT2D eigenvalue weighted by molar-refractivity contribution is -0.129. The van der Waals surface area contributed by atoms with Crippen LogP contribution < -0.4 is 9.47 Å². The van der Waals surface area contributed by atoms with Gasteiger partial charge in [-0.2, -0.15) is 0 Å². The normalized spacial score (nSPS) is 15.2. The molecule has 0 saturated carbocycles. The Kier molecular flexibility index (Phi) is 4.53. The monoisotopic (exact) mass is 343 g/mol. The van der Waals surface area contributed by atoms with Crippen molar-refractivity contribution in [1.29, 1.82) is 0 Å². The maximum absolute atomic E-state index is 12.1. The van der Waals surface area contributed by atoms with Crippen LogP contribution in [0.4, 0.5) is 0 Å². The lowest BCUT2D eigenvalue weighted by atomic mass is 10.1. The van der Waals surface area contributed by atoms with E-state index in [1.54, 1.807) is 62.8 Å². The zero-order valence-electron chi connectivity index (χ0n) is 13.1. The fourth-order valence-electron chi connectivity index (χ4n) is 2.22. The second kappa shape index (κ2) is 6.76. The zero-order chi connectivity index (χ0) is 17.1. The van der Waals surface area contributed by atoms with E-state index in [2.05, 4.69) is 4.99 Å². The number of aliphatic imine (C=N–C) groups is 1. The number of benzene rings is 2. The first-order valence-corrected chi connectivity index (χ1v) is 7.49. The molecule has 0 unspecified atom stereocenters. The first-order valence-electron chi connectivity index (χ1n) is 7.11. The summed E-state index contributed by atoms with van der Waals surface area (Å²) in [6.07, 6.45) is 1.60. The zero-order valence-corrected chi connectivity index (χ0v) is 13.8. The van der Waals surface area contributed by atoms with Gasteiger partial charge in [0.1, 0.15) is 11.5 Å². The van der Waals surface area contributed by atoms with Crippen molar-refractivity contribution in [3.63, 3.8) is 0 Å². The Morgan fingerprint density at radius 2 is 1.83 bits per heavy atom. The molecule has 0 atom stereocenters. The number of halogens is 1. The van der Waals surface area contributed by atoms with Gasteiger partial charge in [-0.25, -0.2) is 9.79 Å². The molecule has 2 aromatic carbocycles. The van der Waals surface area contributed by atoms with Crippen molar-refractivity contribution in [2.75, 3.05) is 14.2 Å². The van der Waals surface area contributed by atoms with Gasteiger partial charge in [-0.1, -0.05) is 11.6 Å². The van der Waals surface area contributed by atoms with E-state index in [4.69, 9.17) is 25.8 Å². The molecule has 122 valence electrons. The fourth-order valence-corrected chi connectivity index (χ4v) is 2.35. The van der Waals surface area contributed by atoms with Crippen molar-refractivity contribution < 1.29 is 19.0 Å². The molecule has 24 heavy (non-hydrogen) atoms. The summed E-state index contributed by atoms with van der Waals surface area (Å²) in [5.74, 6) is 0.969. The van der Waals surface area contributed by atoms with Gasteiger partial charge in [0.15, 0.2) is 5.70 Å². The average molecular weight is 344 g/mol. The summed E-state index contributed by atoms with van der Waals surface area (Å²) < 4.78 is 15.7. The molecular formula is C18H14ClNO4. The summed E-state index contributed by atoms with van der Waals surface area (Å²) in [6.45, 7) is 0. The topological polar surface area (TPSA) is 57.1 Å². The molecule has 0 saturated heterocycles. The summed E-state index contributed by atoms with van der Waals surface area (Å²) in [6, 6.07) is 12.2. The van der Waals surface area contributed by atoms with Crippen LogP contribution >= 0.6 is 11.6 Å². The van der Waals surface area contributed by atoms with E-state index in [1.165, 1.54) is 0 Å². The van der Waals surface area contributed by atoms with Crippen LogP contribution in [0.15, 0.2) is 53.2 Å². The maximum Gasteiger partial charge on any atom is 0.363 e. The van der Waals surface area contributed by atoms with Crippen LogP contribution in [0.3, 0.4) is 0 Å². The second-order valence-electron chi connectivity index (χ2n) is 4.95. The van der Waals surface area contributed by atoms with Crippen LogP contribution in [0.5, 0.6) is 11.5 Å². The Hall–Kier alpha value is -2.79. The minimum atomic E-state index is -0.523. The van der Waals surface area contributed by atoms with E-state index in [1.807, 2.05) is 0 Å². The molecule has 0 radical (unpaired) electrons. The van der Waals surface area contributed by atoms with Crippen molar-refractivity contribution in [3.8, 4) is 11.5 Å². The van der Waals surface area contributed by atoms with Gasteiger partial charge in [-0.05, 0) is 48.5 Å². The molecule has 0 bridgehead atoms. The number of esters is 1. The van der Waals surface area contributed by atoms with Crippen molar-refractivity contribution >= 4 is 29.5 Å². The van der Waals surface area contributed by atoms with Gasteiger partial charge < -0.3 is 14.2 Å². The maximum atomic E-state index is 12.1. The van der Waals surface area contributed by atoms with Crippen molar-refractivity contribution in [1.82, 2.24) is 0 Å². The molecule has 0 fully saturated rings. The predicted octanol–water partition coefficient (Wildman–Crippen LogP) is 3.70. The van der Waals surface area contributed by atoms with Crippen LogP contribution in [-0.4, -0.2) is 26.1 Å². The van der Waals surface area contributed by atoms with Crippen LogP contribution in [-0.2, 0) is 9.53 Å². The van der Waals surface area contributed by atoms with Crippen molar-refractivity contribution in [2.24, 2.45) is 4.99 Å².